The summed E-state index contributed by atoms with van der Waals surface area (Å²) in [6.45, 7) is 0.937. The van der Waals surface area contributed by atoms with Crippen LogP contribution in [-0.2, 0) is 11.2 Å². The first kappa shape index (κ1) is 15.7. The Kier molecular flexibility index (Phi) is 4.45. The molecule has 2 aliphatic rings. The van der Waals surface area contributed by atoms with Crippen molar-refractivity contribution >= 4 is 17.6 Å². The zero-order valence-electron chi connectivity index (χ0n) is 12.7. The summed E-state index contributed by atoms with van der Waals surface area (Å²) in [5.41, 5.74) is 1.83. The standard InChI is InChI=1S/C16H19F2N3O2/c17-15(18)13-6-3-8-21(13)16(23)19-7-9-20-12-5-2-1-4-11(12)10-14(20)22/h1-2,4-5,13,15H,3,6-10H2,(H,19,23)/t13-/m0/s1. The van der Waals surface area contributed by atoms with Gasteiger partial charge >= 0.3 is 6.03 Å². The number of carbonyl (C=O) groups excluding carboxylic acids is 2. The van der Waals surface area contributed by atoms with Crippen LogP contribution in [0.25, 0.3) is 0 Å². The van der Waals surface area contributed by atoms with Gasteiger partial charge in [-0.1, -0.05) is 18.2 Å². The summed E-state index contributed by atoms with van der Waals surface area (Å²) in [7, 11) is 0. The molecule has 1 aromatic rings. The summed E-state index contributed by atoms with van der Waals surface area (Å²) in [4.78, 5) is 26.9. The molecule has 0 saturated carbocycles. The SMILES string of the molecule is O=C1Cc2ccccc2N1CCNC(=O)N1CCC[C@H]1C(F)F. The van der Waals surface area contributed by atoms with Crippen molar-refractivity contribution in [2.75, 3.05) is 24.5 Å². The van der Waals surface area contributed by atoms with Crippen molar-refractivity contribution in [3.63, 3.8) is 0 Å². The molecule has 0 spiro atoms. The van der Waals surface area contributed by atoms with Crippen molar-refractivity contribution in [3.05, 3.63) is 29.8 Å². The van der Waals surface area contributed by atoms with Gasteiger partial charge in [-0.2, -0.15) is 0 Å². The number of fused-ring (bicyclic) bond motifs is 1. The predicted octanol–water partition coefficient (Wildman–Crippen LogP) is 2.01. The van der Waals surface area contributed by atoms with E-state index < -0.39 is 18.5 Å². The lowest BCUT2D eigenvalue weighted by atomic mass is 10.2. The van der Waals surface area contributed by atoms with Crippen LogP contribution in [0.4, 0.5) is 19.3 Å². The Hall–Kier alpha value is -2.18. The minimum Gasteiger partial charge on any atom is -0.336 e. The smallest absolute Gasteiger partial charge is 0.317 e. The van der Waals surface area contributed by atoms with E-state index in [-0.39, 0.29) is 12.5 Å². The van der Waals surface area contributed by atoms with Gasteiger partial charge in [-0.05, 0) is 24.5 Å². The number of nitrogens with one attached hydrogen (secondary N) is 1. The maximum absolute atomic E-state index is 12.9. The number of amides is 3. The quantitative estimate of drug-likeness (QED) is 0.921. The van der Waals surface area contributed by atoms with Crippen LogP contribution in [0.5, 0.6) is 0 Å². The Balaban J connectivity index is 1.54. The fraction of sp³-hybridized carbons (Fsp3) is 0.500. The highest BCUT2D eigenvalue weighted by Gasteiger charge is 2.35. The Labute approximate surface area is 133 Å². The summed E-state index contributed by atoms with van der Waals surface area (Å²) < 4.78 is 25.7. The van der Waals surface area contributed by atoms with E-state index in [2.05, 4.69) is 5.32 Å². The van der Waals surface area contributed by atoms with E-state index in [4.69, 9.17) is 0 Å². The molecule has 124 valence electrons. The number of hydrogen-bond acceptors (Lipinski definition) is 2. The van der Waals surface area contributed by atoms with Crippen LogP contribution in [-0.4, -0.2) is 48.9 Å². The zero-order valence-corrected chi connectivity index (χ0v) is 12.7. The molecule has 1 aromatic carbocycles. The van der Waals surface area contributed by atoms with Crippen molar-refractivity contribution in [2.45, 2.75) is 31.7 Å². The van der Waals surface area contributed by atoms with E-state index in [1.54, 1.807) is 4.90 Å². The molecule has 2 heterocycles. The summed E-state index contributed by atoms with van der Waals surface area (Å²) >= 11 is 0. The number of rotatable bonds is 4. The second-order valence-corrected chi connectivity index (χ2v) is 5.82. The van der Waals surface area contributed by atoms with Gasteiger partial charge in [-0.15, -0.1) is 0 Å². The van der Waals surface area contributed by atoms with Crippen LogP contribution in [0.2, 0.25) is 0 Å². The average Bonchev–Trinajstić information content (AvgIpc) is 3.12. The number of hydrogen-bond donors (Lipinski definition) is 1. The third-order valence-electron chi connectivity index (χ3n) is 4.39. The molecule has 3 rings (SSSR count). The van der Waals surface area contributed by atoms with E-state index in [0.717, 1.165) is 11.3 Å². The molecule has 7 heteroatoms. The van der Waals surface area contributed by atoms with Crippen molar-refractivity contribution in [2.24, 2.45) is 0 Å². The molecule has 0 aromatic heterocycles. The molecule has 23 heavy (non-hydrogen) atoms. The molecule has 1 fully saturated rings. The van der Waals surface area contributed by atoms with Crippen molar-refractivity contribution in [1.29, 1.82) is 0 Å². The van der Waals surface area contributed by atoms with E-state index in [1.807, 2.05) is 24.3 Å². The number of halogens is 2. The lowest BCUT2D eigenvalue weighted by molar-refractivity contribution is -0.117. The highest BCUT2D eigenvalue weighted by molar-refractivity contribution is 6.01. The van der Waals surface area contributed by atoms with Crippen LogP contribution in [0.15, 0.2) is 24.3 Å². The molecule has 5 nitrogen and oxygen atoms in total. The van der Waals surface area contributed by atoms with Crippen molar-refractivity contribution in [1.82, 2.24) is 10.2 Å². The molecule has 3 amide bonds. The van der Waals surface area contributed by atoms with Gasteiger partial charge in [0.1, 0.15) is 0 Å². The number of nitrogens with zero attached hydrogens (tertiary/aromatic N) is 2. The molecule has 2 aliphatic heterocycles. The second-order valence-electron chi connectivity index (χ2n) is 5.82. The summed E-state index contributed by atoms with van der Waals surface area (Å²) in [5, 5.41) is 2.65. The normalized spacial score (nSPS) is 20.3. The summed E-state index contributed by atoms with van der Waals surface area (Å²) in [6, 6.07) is 6.05. The largest absolute Gasteiger partial charge is 0.336 e. The Bertz CT molecular complexity index is 609. The van der Waals surface area contributed by atoms with Crippen LogP contribution in [0.3, 0.4) is 0 Å². The minimum atomic E-state index is -2.52. The van der Waals surface area contributed by atoms with E-state index >= 15 is 0 Å². The van der Waals surface area contributed by atoms with E-state index in [0.29, 0.717) is 32.4 Å². The first-order valence-corrected chi connectivity index (χ1v) is 7.79. The van der Waals surface area contributed by atoms with Gasteiger partial charge in [-0.25, -0.2) is 13.6 Å². The van der Waals surface area contributed by atoms with Crippen molar-refractivity contribution < 1.29 is 18.4 Å². The molecular formula is C16H19F2N3O2. The third kappa shape index (κ3) is 3.13. The van der Waals surface area contributed by atoms with Gasteiger partial charge in [0, 0.05) is 25.3 Å². The molecule has 1 saturated heterocycles. The van der Waals surface area contributed by atoms with Crippen LogP contribution < -0.4 is 10.2 Å². The number of anilines is 1. The Morgan fingerprint density at radius 1 is 1.35 bits per heavy atom. The Morgan fingerprint density at radius 2 is 2.13 bits per heavy atom. The third-order valence-corrected chi connectivity index (χ3v) is 4.39. The monoisotopic (exact) mass is 323 g/mol. The molecule has 0 unspecified atom stereocenters. The number of carbonyl (C=O) groups is 2. The summed E-state index contributed by atoms with van der Waals surface area (Å²) in [6.07, 6.45) is -1.22. The highest BCUT2D eigenvalue weighted by Crippen LogP contribution is 2.28. The van der Waals surface area contributed by atoms with Gasteiger partial charge in [0.05, 0.1) is 12.5 Å². The van der Waals surface area contributed by atoms with Gasteiger partial charge in [0.15, 0.2) is 0 Å². The van der Waals surface area contributed by atoms with Gasteiger partial charge in [-0.3, -0.25) is 4.79 Å². The van der Waals surface area contributed by atoms with Crippen LogP contribution >= 0.6 is 0 Å². The summed E-state index contributed by atoms with van der Waals surface area (Å²) in [5.74, 6) is -0.00733. The maximum atomic E-state index is 12.9. The number of urea groups is 1. The molecule has 1 atom stereocenters. The minimum absolute atomic E-state index is 0.00733. The van der Waals surface area contributed by atoms with E-state index in [9.17, 15) is 18.4 Å². The molecule has 0 aliphatic carbocycles. The first-order chi connectivity index (χ1) is 11.1. The van der Waals surface area contributed by atoms with Gasteiger partial charge in [0.2, 0.25) is 5.91 Å². The number of likely N-dealkylation sites (tertiary alicyclic amines) is 1. The van der Waals surface area contributed by atoms with Crippen LogP contribution in [0.1, 0.15) is 18.4 Å². The molecule has 1 N–H and O–H groups in total. The Morgan fingerprint density at radius 3 is 2.91 bits per heavy atom. The van der Waals surface area contributed by atoms with Crippen molar-refractivity contribution in [3.8, 4) is 0 Å². The lowest BCUT2D eigenvalue weighted by Crippen LogP contribution is -2.47. The predicted molar refractivity (Wildman–Crippen MR) is 81.6 cm³/mol. The topological polar surface area (TPSA) is 52.7 Å². The fourth-order valence-corrected chi connectivity index (χ4v) is 3.24. The first-order valence-electron chi connectivity index (χ1n) is 7.79. The molecule has 0 bridgehead atoms. The number of alkyl halides is 2. The second kappa shape index (κ2) is 6.52. The zero-order chi connectivity index (χ0) is 16.4. The maximum Gasteiger partial charge on any atom is 0.317 e. The van der Waals surface area contributed by atoms with Crippen LogP contribution in [0, 0.1) is 0 Å². The van der Waals surface area contributed by atoms with Gasteiger partial charge < -0.3 is 15.1 Å². The lowest BCUT2D eigenvalue weighted by Gasteiger charge is -2.25. The number of benzene rings is 1. The highest BCUT2D eigenvalue weighted by atomic mass is 19.3. The molecular weight excluding hydrogens is 304 g/mol. The van der Waals surface area contributed by atoms with E-state index in [1.165, 1.54) is 4.90 Å². The fourth-order valence-electron chi connectivity index (χ4n) is 3.24. The number of para-hydroxylation sites is 1. The average molecular weight is 323 g/mol. The van der Waals surface area contributed by atoms with Gasteiger partial charge in [0.25, 0.3) is 6.43 Å². The molecule has 0 radical (unpaired) electrons.